The van der Waals surface area contributed by atoms with E-state index in [4.69, 9.17) is 17.0 Å². The third-order valence-corrected chi connectivity index (χ3v) is 5.85. The zero-order valence-electron chi connectivity index (χ0n) is 16.5. The van der Waals surface area contributed by atoms with Gasteiger partial charge in [0.2, 0.25) is 0 Å². The van der Waals surface area contributed by atoms with E-state index >= 15 is 0 Å². The topological polar surface area (TPSA) is 75.9 Å². The highest BCUT2D eigenvalue weighted by molar-refractivity contribution is 8.26. The van der Waals surface area contributed by atoms with Gasteiger partial charge in [-0.3, -0.25) is 18.9 Å². The lowest BCUT2D eigenvalue weighted by atomic mass is 10.2. The van der Waals surface area contributed by atoms with Crippen LogP contribution < -0.4 is 10.9 Å². The van der Waals surface area contributed by atoms with Gasteiger partial charge in [0, 0.05) is 33.0 Å². The summed E-state index contributed by atoms with van der Waals surface area (Å²) in [6, 6.07) is 5.38. The SMILES string of the molecule is CCCCN1C(=O)/C(=C/c2c(NCCCOC)nc3ccccn3c2=O)SC1=S. The Morgan fingerprint density at radius 1 is 1.31 bits per heavy atom. The lowest BCUT2D eigenvalue weighted by molar-refractivity contribution is -0.122. The number of rotatable bonds is 9. The van der Waals surface area contributed by atoms with Gasteiger partial charge in [-0.2, -0.15) is 0 Å². The molecule has 1 aliphatic rings. The fourth-order valence-corrected chi connectivity index (χ4v) is 4.22. The van der Waals surface area contributed by atoms with Crippen LogP contribution in [0.15, 0.2) is 34.1 Å². The summed E-state index contributed by atoms with van der Waals surface area (Å²) < 4.78 is 7.08. The molecule has 0 aromatic carbocycles. The number of anilines is 1. The predicted octanol–water partition coefficient (Wildman–Crippen LogP) is 3.14. The van der Waals surface area contributed by atoms with Crippen molar-refractivity contribution < 1.29 is 9.53 Å². The Morgan fingerprint density at radius 3 is 2.90 bits per heavy atom. The number of thiocarbonyl (C=S) groups is 1. The van der Waals surface area contributed by atoms with Crippen molar-refractivity contribution in [2.24, 2.45) is 0 Å². The van der Waals surface area contributed by atoms with Crippen LogP contribution in [0.3, 0.4) is 0 Å². The minimum atomic E-state index is -0.233. The van der Waals surface area contributed by atoms with Crippen LogP contribution in [-0.2, 0) is 9.53 Å². The largest absolute Gasteiger partial charge is 0.385 e. The fraction of sp³-hybridized carbons (Fsp3) is 0.400. The highest BCUT2D eigenvalue weighted by Gasteiger charge is 2.32. The Balaban J connectivity index is 1.99. The van der Waals surface area contributed by atoms with Gasteiger partial charge < -0.3 is 10.1 Å². The molecule has 0 bridgehead atoms. The molecule has 2 aromatic rings. The first-order chi connectivity index (χ1) is 14.1. The monoisotopic (exact) mass is 432 g/mol. The van der Waals surface area contributed by atoms with E-state index in [1.165, 1.54) is 16.2 Å². The maximum Gasteiger partial charge on any atom is 0.267 e. The molecule has 2 aromatic heterocycles. The second kappa shape index (κ2) is 10.00. The number of hydrogen-bond donors (Lipinski definition) is 1. The van der Waals surface area contributed by atoms with Gasteiger partial charge in [0.05, 0.1) is 10.5 Å². The van der Waals surface area contributed by atoms with E-state index in [1.807, 2.05) is 6.07 Å². The Hall–Kier alpha value is -2.23. The third-order valence-electron chi connectivity index (χ3n) is 4.47. The molecule has 1 N–H and O–H groups in total. The normalized spacial score (nSPS) is 15.7. The zero-order chi connectivity index (χ0) is 20.8. The molecule has 3 heterocycles. The summed E-state index contributed by atoms with van der Waals surface area (Å²) in [6.45, 7) is 3.86. The molecule has 0 unspecified atom stereocenters. The number of methoxy groups -OCH3 is 1. The van der Waals surface area contributed by atoms with Crippen LogP contribution in [0.5, 0.6) is 0 Å². The lowest BCUT2D eigenvalue weighted by Crippen LogP contribution is -2.29. The minimum Gasteiger partial charge on any atom is -0.385 e. The molecular formula is C20H24N4O3S2. The number of thioether (sulfide) groups is 1. The number of nitrogens with one attached hydrogen (secondary N) is 1. The number of unbranched alkanes of at least 4 members (excludes halogenated alkanes) is 1. The van der Waals surface area contributed by atoms with Gasteiger partial charge in [-0.1, -0.05) is 43.4 Å². The summed E-state index contributed by atoms with van der Waals surface area (Å²) in [5.74, 6) is 0.299. The van der Waals surface area contributed by atoms with Gasteiger partial charge >= 0.3 is 0 Å². The van der Waals surface area contributed by atoms with Crippen molar-refractivity contribution in [1.29, 1.82) is 0 Å². The second-order valence-electron chi connectivity index (χ2n) is 6.57. The van der Waals surface area contributed by atoms with Crippen LogP contribution >= 0.6 is 24.0 Å². The lowest BCUT2D eigenvalue weighted by Gasteiger charge is -2.13. The molecule has 7 nitrogen and oxygen atoms in total. The summed E-state index contributed by atoms with van der Waals surface area (Å²) in [5, 5.41) is 3.21. The molecule has 0 radical (unpaired) electrons. The number of ether oxygens (including phenoxy) is 1. The molecule has 0 atom stereocenters. The Labute approximate surface area is 179 Å². The fourth-order valence-electron chi connectivity index (χ4n) is 2.93. The first kappa shape index (κ1) is 21.5. The smallest absolute Gasteiger partial charge is 0.267 e. The van der Waals surface area contributed by atoms with E-state index in [-0.39, 0.29) is 11.5 Å². The Kier molecular flexibility index (Phi) is 7.40. The van der Waals surface area contributed by atoms with Crippen molar-refractivity contribution in [3.8, 4) is 0 Å². The molecule has 0 saturated carbocycles. The Morgan fingerprint density at radius 2 is 2.14 bits per heavy atom. The van der Waals surface area contributed by atoms with E-state index in [9.17, 15) is 9.59 Å². The van der Waals surface area contributed by atoms with Crippen molar-refractivity contribution in [3.63, 3.8) is 0 Å². The van der Waals surface area contributed by atoms with Gasteiger partial charge in [0.25, 0.3) is 11.5 Å². The summed E-state index contributed by atoms with van der Waals surface area (Å²) >= 11 is 6.59. The quantitative estimate of drug-likeness (QED) is 0.371. The molecule has 1 aliphatic heterocycles. The highest BCUT2D eigenvalue weighted by Crippen LogP contribution is 2.33. The van der Waals surface area contributed by atoms with E-state index in [1.54, 1.807) is 36.4 Å². The maximum atomic E-state index is 13.1. The molecule has 3 rings (SSSR count). The number of hydrogen-bond acceptors (Lipinski definition) is 7. The summed E-state index contributed by atoms with van der Waals surface area (Å²) in [7, 11) is 1.65. The average Bonchev–Trinajstić information content (AvgIpc) is 2.99. The van der Waals surface area contributed by atoms with Crippen molar-refractivity contribution in [3.05, 3.63) is 45.2 Å². The number of carbonyl (C=O) groups is 1. The molecule has 0 aliphatic carbocycles. The highest BCUT2D eigenvalue weighted by atomic mass is 32.2. The van der Waals surface area contributed by atoms with Crippen LogP contribution in [0.4, 0.5) is 5.82 Å². The van der Waals surface area contributed by atoms with Crippen LogP contribution in [0, 0.1) is 0 Å². The number of amides is 1. The summed E-state index contributed by atoms with van der Waals surface area (Å²) in [6.07, 6.45) is 5.90. The van der Waals surface area contributed by atoms with Gasteiger partial charge in [-0.05, 0) is 31.1 Å². The van der Waals surface area contributed by atoms with Gasteiger partial charge in [0.15, 0.2) is 0 Å². The van der Waals surface area contributed by atoms with Gasteiger partial charge in [-0.15, -0.1) is 0 Å². The van der Waals surface area contributed by atoms with Crippen molar-refractivity contribution in [2.75, 3.05) is 32.1 Å². The molecule has 0 spiro atoms. The van der Waals surface area contributed by atoms with E-state index in [0.29, 0.717) is 46.0 Å². The molecule has 154 valence electrons. The van der Waals surface area contributed by atoms with Crippen LogP contribution in [0.25, 0.3) is 11.7 Å². The molecule has 29 heavy (non-hydrogen) atoms. The molecular weight excluding hydrogens is 408 g/mol. The van der Waals surface area contributed by atoms with E-state index < -0.39 is 0 Å². The van der Waals surface area contributed by atoms with Crippen LogP contribution in [0.1, 0.15) is 31.7 Å². The molecule has 1 amide bonds. The van der Waals surface area contributed by atoms with Crippen molar-refractivity contribution in [2.45, 2.75) is 26.2 Å². The first-order valence-corrected chi connectivity index (χ1v) is 10.8. The first-order valence-electron chi connectivity index (χ1n) is 9.56. The molecule has 1 fully saturated rings. The Bertz CT molecular complexity index is 1000. The molecule has 1 saturated heterocycles. The van der Waals surface area contributed by atoms with E-state index in [0.717, 1.165) is 19.3 Å². The maximum absolute atomic E-state index is 13.1. The average molecular weight is 433 g/mol. The number of pyridine rings is 1. The number of nitrogens with zero attached hydrogens (tertiary/aromatic N) is 3. The number of fused-ring (bicyclic) bond motifs is 1. The number of carbonyl (C=O) groups excluding carboxylic acids is 1. The summed E-state index contributed by atoms with van der Waals surface area (Å²) in [5.41, 5.74) is 0.658. The predicted molar refractivity (Wildman–Crippen MR) is 121 cm³/mol. The standard InChI is InChI=1S/C20H24N4O3S2/c1-3-4-10-24-19(26)15(29-20(24)28)13-14-17(21-9-7-12-27-2)22-16-8-5-6-11-23(16)18(14)25/h5-6,8,11,13,21H,3-4,7,9-10,12H2,1-2H3/b15-13-. The summed E-state index contributed by atoms with van der Waals surface area (Å²) in [4.78, 5) is 32.5. The molecule has 9 heteroatoms. The van der Waals surface area contributed by atoms with Crippen molar-refractivity contribution >= 4 is 51.7 Å². The van der Waals surface area contributed by atoms with Gasteiger partial charge in [-0.25, -0.2) is 4.98 Å². The second-order valence-corrected chi connectivity index (χ2v) is 8.24. The van der Waals surface area contributed by atoms with E-state index in [2.05, 4.69) is 17.2 Å². The van der Waals surface area contributed by atoms with Crippen molar-refractivity contribution in [1.82, 2.24) is 14.3 Å². The number of aromatic nitrogens is 2. The minimum absolute atomic E-state index is 0.156. The van der Waals surface area contributed by atoms with Crippen LogP contribution in [-0.4, -0.2) is 51.3 Å². The third kappa shape index (κ3) is 4.85. The van der Waals surface area contributed by atoms with Crippen LogP contribution in [0.2, 0.25) is 0 Å². The van der Waals surface area contributed by atoms with Gasteiger partial charge in [0.1, 0.15) is 15.8 Å². The zero-order valence-corrected chi connectivity index (χ0v) is 18.1.